The standard InChI is InChI=1S/C13H19BrClN/c1-16(9-4-2-3-8-14)11-12-6-5-7-13(15)10-12/h5-7,10H,2-4,8-9,11H2,1H3. The maximum absolute atomic E-state index is 5.95. The van der Waals surface area contributed by atoms with E-state index in [9.17, 15) is 0 Å². The molecule has 0 amide bonds. The van der Waals surface area contributed by atoms with Crippen molar-refractivity contribution in [2.45, 2.75) is 25.8 Å². The van der Waals surface area contributed by atoms with Crippen LogP contribution in [0.3, 0.4) is 0 Å². The minimum atomic E-state index is 0.824. The van der Waals surface area contributed by atoms with Gasteiger partial charge in [0.05, 0.1) is 0 Å². The zero-order chi connectivity index (χ0) is 11.8. The van der Waals surface area contributed by atoms with Gasteiger partial charge in [-0.05, 0) is 44.1 Å². The Morgan fingerprint density at radius 3 is 2.75 bits per heavy atom. The number of alkyl halides is 1. The third-order valence-electron chi connectivity index (χ3n) is 2.51. The molecular formula is C13H19BrClN. The molecule has 1 aromatic rings. The number of unbranched alkanes of at least 4 members (excludes halogenated alkanes) is 2. The highest BCUT2D eigenvalue weighted by Gasteiger charge is 2.00. The van der Waals surface area contributed by atoms with Crippen molar-refractivity contribution in [3.8, 4) is 0 Å². The Hall–Kier alpha value is -0.0500. The van der Waals surface area contributed by atoms with Crippen molar-refractivity contribution >= 4 is 27.5 Å². The summed E-state index contributed by atoms with van der Waals surface area (Å²) in [6.07, 6.45) is 3.83. The van der Waals surface area contributed by atoms with E-state index in [0.717, 1.165) is 23.4 Å². The minimum Gasteiger partial charge on any atom is -0.302 e. The van der Waals surface area contributed by atoms with Gasteiger partial charge in [0.1, 0.15) is 0 Å². The lowest BCUT2D eigenvalue weighted by Gasteiger charge is -2.16. The van der Waals surface area contributed by atoms with E-state index < -0.39 is 0 Å². The van der Waals surface area contributed by atoms with Crippen LogP contribution >= 0.6 is 27.5 Å². The van der Waals surface area contributed by atoms with Crippen LogP contribution in [0.25, 0.3) is 0 Å². The Balaban J connectivity index is 2.25. The second-order valence-electron chi connectivity index (χ2n) is 4.12. The summed E-state index contributed by atoms with van der Waals surface area (Å²) in [5, 5.41) is 1.94. The SMILES string of the molecule is CN(CCCCCBr)Cc1cccc(Cl)c1. The first kappa shape index (κ1) is 14.0. The van der Waals surface area contributed by atoms with Gasteiger partial charge in [-0.25, -0.2) is 0 Å². The predicted molar refractivity (Wildman–Crippen MR) is 75.4 cm³/mol. The first-order valence-corrected chi connectivity index (χ1v) is 7.21. The summed E-state index contributed by atoms with van der Waals surface area (Å²) in [7, 11) is 2.16. The van der Waals surface area contributed by atoms with Gasteiger partial charge in [0, 0.05) is 16.9 Å². The summed E-state index contributed by atoms with van der Waals surface area (Å²) < 4.78 is 0. The number of benzene rings is 1. The van der Waals surface area contributed by atoms with Gasteiger partial charge in [-0.2, -0.15) is 0 Å². The van der Waals surface area contributed by atoms with Crippen LogP contribution < -0.4 is 0 Å². The Morgan fingerprint density at radius 2 is 2.06 bits per heavy atom. The zero-order valence-electron chi connectivity index (χ0n) is 9.76. The minimum absolute atomic E-state index is 0.824. The molecule has 0 atom stereocenters. The van der Waals surface area contributed by atoms with Crippen LogP contribution in [-0.4, -0.2) is 23.8 Å². The maximum atomic E-state index is 5.95. The molecular weight excluding hydrogens is 286 g/mol. The van der Waals surface area contributed by atoms with E-state index in [4.69, 9.17) is 11.6 Å². The summed E-state index contributed by atoms with van der Waals surface area (Å²) in [5.41, 5.74) is 1.29. The van der Waals surface area contributed by atoms with E-state index in [0.29, 0.717) is 0 Å². The molecule has 0 heterocycles. The van der Waals surface area contributed by atoms with Crippen molar-refractivity contribution in [2.75, 3.05) is 18.9 Å². The normalized spacial score (nSPS) is 11.0. The summed E-state index contributed by atoms with van der Waals surface area (Å²) >= 11 is 9.40. The van der Waals surface area contributed by atoms with Gasteiger partial charge in [-0.15, -0.1) is 0 Å². The summed E-state index contributed by atoms with van der Waals surface area (Å²) in [4.78, 5) is 2.35. The van der Waals surface area contributed by atoms with Gasteiger partial charge < -0.3 is 4.90 Å². The molecule has 0 aliphatic heterocycles. The molecule has 0 fully saturated rings. The van der Waals surface area contributed by atoms with Crippen LogP contribution in [0.2, 0.25) is 5.02 Å². The number of halogens is 2. The molecule has 0 bridgehead atoms. The molecule has 0 spiro atoms. The van der Waals surface area contributed by atoms with E-state index >= 15 is 0 Å². The predicted octanol–water partition coefficient (Wildman–Crippen LogP) is 4.34. The molecule has 0 aliphatic rings. The largest absolute Gasteiger partial charge is 0.302 e. The Morgan fingerprint density at radius 1 is 1.25 bits per heavy atom. The lowest BCUT2D eigenvalue weighted by Crippen LogP contribution is -2.19. The molecule has 0 saturated heterocycles. The number of hydrogen-bond donors (Lipinski definition) is 0. The van der Waals surface area contributed by atoms with Gasteiger partial charge >= 0.3 is 0 Å². The van der Waals surface area contributed by atoms with E-state index in [1.165, 1.54) is 24.8 Å². The third kappa shape index (κ3) is 5.88. The molecule has 1 aromatic carbocycles. The second kappa shape index (κ2) is 8.10. The first-order chi connectivity index (χ1) is 7.72. The van der Waals surface area contributed by atoms with E-state index in [1.807, 2.05) is 18.2 Å². The molecule has 0 N–H and O–H groups in total. The maximum Gasteiger partial charge on any atom is 0.0409 e. The van der Waals surface area contributed by atoms with E-state index in [2.05, 4.69) is 33.9 Å². The average molecular weight is 305 g/mol. The van der Waals surface area contributed by atoms with Crippen LogP contribution in [-0.2, 0) is 6.54 Å². The first-order valence-electron chi connectivity index (χ1n) is 5.71. The number of hydrogen-bond acceptors (Lipinski definition) is 1. The highest BCUT2D eigenvalue weighted by molar-refractivity contribution is 9.09. The lowest BCUT2D eigenvalue weighted by atomic mass is 10.2. The molecule has 0 unspecified atom stereocenters. The van der Waals surface area contributed by atoms with Crippen LogP contribution in [0.5, 0.6) is 0 Å². The number of nitrogens with zero attached hydrogens (tertiary/aromatic N) is 1. The van der Waals surface area contributed by atoms with E-state index in [-0.39, 0.29) is 0 Å². The van der Waals surface area contributed by atoms with Gasteiger partial charge in [-0.1, -0.05) is 46.1 Å². The molecule has 1 rings (SSSR count). The fourth-order valence-electron chi connectivity index (χ4n) is 1.68. The fraction of sp³-hybridized carbons (Fsp3) is 0.538. The molecule has 16 heavy (non-hydrogen) atoms. The summed E-state index contributed by atoms with van der Waals surface area (Å²) in [6, 6.07) is 8.09. The van der Waals surface area contributed by atoms with Crippen molar-refractivity contribution in [2.24, 2.45) is 0 Å². The Labute approximate surface area is 112 Å². The number of rotatable bonds is 7. The smallest absolute Gasteiger partial charge is 0.0409 e. The molecule has 3 heteroatoms. The molecule has 0 saturated carbocycles. The highest BCUT2D eigenvalue weighted by atomic mass is 79.9. The topological polar surface area (TPSA) is 3.24 Å². The third-order valence-corrected chi connectivity index (χ3v) is 3.31. The van der Waals surface area contributed by atoms with Crippen LogP contribution in [0.4, 0.5) is 0 Å². The van der Waals surface area contributed by atoms with Gasteiger partial charge in [0.2, 0.25) is 0 Å². The zero-order valence-corrected chi connectivity index (χ0v) is 12.1. The lowest BCUT2D eigenvalue weighted by molar-refractivity contribution is 0.318. The Kier molecular flexibility index (Phi) is 7.10. The van der Waals surface area contributed by atoms with Crippen LogP contribution in [0.1, 0.15) is 24.8 Å². The molecule has 0 radical (unpaired) electrons. The summed E-state index contributed by atoms with van der Waals surface area (Å²) in [6.45, 7) is 2.13. The fourth-order valence-corrected chi connectivity index (χ4v) is 2.29. The quantitative estimate of drug-likeness (QED) is 0.535. The average Bonchev–Trinajstić information content (AvgIpc) is 2.24. The van der Waals surface area contributed by atoms with Crippen LogP contribution in [0.15, 0.2) is 24.3 Å². The van der Waals surface area contributed by atoms with Crippen molar-refractivity contribution in [3.05, 3.63) is 34.9 Å². The van der Waals surface area contributed by atoms with Gasteiger partial charge in [0.15, 0.2) is 0 Å². The van der Waals surface area contributed by atoms with E-state index in [1.54, 1.807) is 0 Å². The van der Waals surface area contributed by atoms with Gasteiger partial charge in [0.25, 0.3) is 0 Å². The molecule has 0 aromatic heterocycles. The highest BCUT2D eigenvalue weighted by Crippen LogP contribution is 2.12. The monoisotopic (exact) mass is 303 g/mol. The molecule has 0 aliphatic carbocycles. The van der Waals surface area contributed by atoms with Gasteiger partial charge in [-0.3, -0.25) is 0 Å². The second-order valence-corrected chi connectivity index (χ2v) is 5.35. The Bertz CT molecular complexity index is 304. The molecule has 1 nitrogen and oxygen atoms in total. The van der Waals surface area contributed by atoms with Crippen molar-refractivity contribution < 1.29 is 0 Å². The summed E-state index contributed by atoms with van der Waals surface area (Å²) in [5.74, 6) is 0. The van der Waals surface area contributed by atoms with Crippen molar-refractivity contribution in [3.63, 3.8) is 0 Å². The molecule has 90 valence electrons. The van der Waals surface area contributed by atoms with Crippen LogP contribution in [0, 0.1) is 0 Å². The van der Waals surface area contributed by atoms with Crippen molar-refractivity contribution in [1.29, 1.82) is 0 Å². The van der Waals surface area contributed by atoms with Crippen molar-refractivity contribution in [1.82, 2.24) is 4.90 Å².